The van der Waals surface area contributed by atoms with Gasteiger partial charge in [-0.1, -0.05) is 42.5 Å². The molecule has 2 aromatic rings. The summed E-state index contributed by atoms with van der Waals surface area (Å²) in [6, 6.07) is 15.2. The molecule has 0 spiro atoms. The maximum Gasteiger partial charge on any atom is 0.345 e. The standard InChI is InChI=1S/C14H11IO3/c15-12-8-6-11(7-9-12)14(18,13(16)17)10-4-2-1-3-5-10/h1-9,18H,(H,16,17). The number of carboxylic acid groups (broad SMARTS) is 1. The van der Waals surface area contributed by atoms with Gasteiger partial charge in [-0.2, -0.15) is 0 Å². The van der Waals surface area contributed by atoms with Gasteiger partial charge in [-0.15, -0.1) is 0 Å². The Morgan fingerprint density at radius 3 is 1.94 bits per heavy atom. The molecule has 1 atom stereocenters. The molecule has 0 heterocycles. The fourth-order valence-electron chi connectivity index (χ4n) is 1.78. The van der Waals surface area contributed by atoms with Crippen molar-refractivity contribution in [3.63, 3.8) is 0 Å². The lowest BCUT2D eigenvalue weighted by Gasteiger charge is -2.24. The molecule has 0 amide bonds. The Balaban J connectivity index is 2.58. The van der Waals surface area contributed by atoms with Crippen molar-refractivity contribution in [2.24, 2.45) is 0 Å². The van der Waals surface area contributed by atoms with Gasteiger partial charge in [0.25, 0.3) is 0 Å². The van der Waals surface area contributed by atoms with Gasteiger partial charge in [0.05, 0.1) is 0 Å². The Hall–Kier alpha value is -1.40. The molecule has 4 heteroatoms. The van der Waals surface area contributed by atoms with E-state index in [2.05, 4.69) is 22.6 Å². The van der Waals surface area contributed by atoms with Gasteiger partial charge in [0.2, 0.25) is 5.60 Å². The third-order valence-corrected chi connectivity index (χ3v) is 3.48. The normalized spacial score (nSPS) is 13.9. The lowest BCUT2D eigenvalue weighted by Crippen LogP contribution is -2.36. The summed E-state index contributed by atoms with van der Waals surface area (Å²) in [6.07, 6.45) is 0. The molecule has 0 bridgehead atoms. The predicted octanol–water partition coefficient (Wildman–Crippen LogP) is 2.61. The van der Waals surface area contributed by atoms with Crippen molar-refractivity contribution >= 4 is 28.6 Å². The van der Waals surface area contributed by atoms with E-state index in [4.69, 9.17) is 0 Å². The minimum Gasteiger partial charge on any atom is -0.479 e. The third kappa shape index (κ3) is 2.26. The van der Waals surface area contributed by atoms with E-state index in [1.807, 2.05) is 0 Å². The van der Waals surface area contributed by atoms with Gasteiger partial charge >= 0.3 is 5.97 Å². The minimum atomic E-state index is -2.01. The fourth-order valence-corrected chi connectivity index (χ4v) is 2.14. The van der Waals surface area contributed by atoms with E-state index < -0.39 is 11.6 Å². The molecule has 2 rings (SSSR count). The maximum absolute atomic E-state index is 11.5. The van der Waals surface area contributed by atoms with Crippen molar-refractivity contribution < 1.29 is 15.0 Å². The highest BCUT2D eigenvalue weighted by Gasteiger charge is 2.39. The van der Waals surface area contributed by atoms with E-state index in [1.165, 1.54) is 0 Å². The second-order valence-electron chi connectivity index (χ2n) is 3.89. The smallest absolute Gasteiger partial charge is 0.345 e. The molecule has 2 aromatic carbocycles. The molecule has 3 nitrogen and oxygen atoms in total. The second kappa shape index (κ2) is 5.07. The van der Waals surface area contributed by atoms with Crippen LogP contribution in [0.4, 0.5) is 0 Å². The number of aliphatic carboxylic acids is 1. The lowest BCUT2D eigenvalue weighted by atomic mass is 9.86. The highest BCUT2D eigenvalue weighted by atomic mass is 127. The van der Waals surface area contributed by atoms with Crippen LogP contribution in [-0.4, -0.2) is 16.2 Å². The molecule has 92 valence electrons. The van der Waals surface area contributed by atoms with E-state index >= 15 is 0 Å². The average Bonchev–Trinajstić information content (AvgIpc) is 2.39. The number of rotatable bonds is 3. The first-order chi connectivity index (χ1) is 8.55. The summed E-state index contributed by atoms with van der Waals surface area (Å²) in [6.45, 7) is 0. The Morgan fingerprint density at radius 2 is 1.44 bits per heavy atom. The fraction of sp³-hybridized carbons (Fsp3) is 0.0714. The summed E-state index contributed by atoms with van der Waals surface area (Å²) in [5, 5.41) is 19.9. The van der Waals surface area contributed by atoms with Crippen molar-refractivity contribution in [1.82, 2.24) is 0 Å². The third-order valence-electron chi connectivity index (χ3n) is 2.76. The molecular formula is C14H11IO3. The Kier molecular flexibility index (Phi) is 3.68. The molecule has 0 aliphatic rings. The van der Waals surface area contributed by atoms with Crippen LogP contribution in [0.5, 0.6) is 0 Å². The first kappa shape index (κ1) is 13.0. The van der Waals surface area contributed by atoms with Gasteiger partial charge in [-0.3, -0.25) is 0 Å². The monoisotopic (exact) mass is 354 g/mol. The van der Waals surface area contributed by atoms with Crippen LogP contribution in [0.2, 0.25) is 0 Å². The van der Waals surface area contributed by atoms with Crippen LogP contribution in [0.3, 0.4) is 0 Å². The summed E-state index contributed by atoms with van der Waals surface area (Å²) >= 11 is 2.13. The van der Waals surface area contributed by atoms with E-state index in [-0.39, 0.29) is 0 Å². The topological polar surface area (TPSA) is 57.5 Å². The molecule has 0 radical (unpaired) electrons. The van der Waals surface area contributed by atoms with E-state index in [0.29, 0.717) is 11.1 Å². The van der Waals surface area contributed by atoms with Crippen molar-refractivity contribution in [2.75, 3.05) is 0 Å². The van der Waals surface area contributed by atoms with Gasteiger partial charge in [0.15, 0.2) is 0 Å². The number of halogens is 1. The van der Waals surface area contributed by atoms with Crippen molar-refractivity contribution in [2.45, 2.75) is 5.60 Å². The summed E-state index contributed by atoms with van der Waals surface area (Å²) in [5.74, 6) is -1.28. The highest BCUT2D eigenvalue weighted by molar-refractivity contribution is 14.1. The average molecular weight is 354 g/mol. The molecule has 2 N–H and O–H groups in total. The van der Waals surface area contributed by atoms with Crippen LogP contribution in [0.1, 0.15) is 11.1 Å². The van der Waals surface area contributed by atoms with Gasteiger partial charge in [-0.05, 0) is 45.9 Å². The molecular weight excluding hydrogens is 343 g/mol. The molecule has 1 unspecified atom stereocenters. The van der Waals surface area contributed by atoms with Crippen molar-refractivity contribution in [1.29, 1.82) is 0 Å². The zero-order chi connectivity index (χ0) is 13.2. The zero-order valence-electron chi connectivity index (χ0n) is 9.38. The Labute approximate surface area is 118 Å². The van der Waals surface area contributed by atoms with Crippen LogP contribution in [-0.2, 0) is 10.4 Å². The highest BCUT2D eigenvalue weighted by Crippen LogP contribution is 2.30. The minimum absolute atomic E-state index is 0.346. The molecule has 0 aromatic heterocycles. The lowest BCUT2D eigenvalue weighted by molar-refractivity contribution is -0.155. The molecule has 0 aliphatic heterocycles. The molecule has 0 saturated carbocycles. The summed E-state index contributed by atoms with van der Waals surface area (Å²) in [4.78, 5) is 11.5. The van der Waals surface area contributed by atoms with Crippen LogP contribution in [0, 0.1) is 3.57 Å². The van der Waals surface area contributed by atoms with Gasteiger partial charge < -0.3 is 10.2 Å². The molecule has 0 aliphatic carbocycles. The summed E-state index contributed by atoms with van der Waals surface area (Å²) < 4.78 is 0.983. The molecule has 0 fully saturated rings. The van der Waals surface area contributed by atoms with E-state index in [1.54, 1.807) is 54.6 Å². The van der Waals surface area contributed by atoms with Crippen LogP contribution in [0.25, 0.3) is 0 Å². The van der Waals surface area contributed by atoms with Crippen LogP contribution < -0.4 is 0 Å². The van der Waals surface area contributed by atoms with Crippen molar-refractivity contribution in [3.8, 4) is 0 Å². The summed E-state index contributed by atoms with van der Waals surface area (Å²) in [7, 11) is 0. The Morgan fingerprint density at radius 1 is 0.944 bits per heavy atom. The number of hydrogen-bond donors (Lipinski definition) is 2. The van der Waals surface area contributed by atoms with E-state index in [9.17, 15) is 15.0 Å². The van der Waals surface area contributed by atoms with Gasteiger partial charge in [-0.25, -0.2) is 4.79 Å². The zero-order valence-corrected chi connectivity index (χ0v) is 11.5. The van der Waals surface area contributed by atoms with Crippen LogP contribution in [0.15, 0.2) is 54.6 Å². The quantitative estimate of drug-likeness (QED) is 0.834. The molecule has 0 saturated heterocycles. The summed E-state index contributed by atoms with van der Waals surface area (Å²) in [5.41, 5.74) is -1.31. The SMILES string of the molecule is O=C(O)C(O)(c1ccccc1)c1ccc(I)cc1. The number of benzene rings is 2. The number of hydrogen-bond acceptors (Lipinski definition) is 2. The predicted molar refractivity (Wildman–Crippen MR) is 76.2 cm³/mol. The molecule has 18 heavy (non-hydrogen) atoms. The van der Waals surface area contributed by atoms with Gasteiger partial charge in [0.1, 0.15) is 0 Å². The number of carbonyl (C=O) groups is 1. The maximum atomic E-state index is 11.5. The number of carboxylic acids is 1. The largest absolute Gasteiger partial charge is 0.479 e. The second-order valence-corrected chi connectivity index (χ2v) is 5.13. The van der Waals surface area contributed by atoms with Crippen LogP contribution >= 0.6 is 22.6 Å². The first-order valence-electron chi connectivity index (χ1n) is 5.32. The van der Waals surface area contributed by atoms with Gasteiger partial charge in [0, 0.05) is 3.57 Å². The van der Waals surface area contributed by atoms with E-state index in [0.717, 1.165) is 3.57 Å². The first-order valence-corrected chi connectivity index (χ1v) is 6.40. The Bertz CT molecular complexity index is 551. The number of aliphatic hydroxyl groups is 1. The van der Waals surface area contributed by atoms with Crippen molar-refractivity contribution in [3.05, 3.63) is 69.3 Å².